The monoisotopic (exact) mass is 372 g/mol. The van der Waals surface area contributed by atoms with Crippen molar-refractivity contribution in [1.82, 2.24) is 10.2 Å². The standard InChI is InChI=1S/C21H29FN4O/c1-15-3-6-18(7-4-15)24-21(27)16(2)25-9-11-26(12-10-25)20-8-5-17(14-23)13-19(20)22/h5,8,13,15-16,18H,3-4,6-7,9-12H2,1-2H3,(H,24,27). The highest BCUT2D eigenvalue weighted by molar-refractivity contribution is 5.81. The van der Waals surface area contributed by atoms with Crippen LogP contribution in [0.15, 0.2) is 18.2 Å². The lowest BCUT2D eigenvalue weighted by molar-refractivity contribution is -0.127. The summed E-state index contributed by atoms with van der Waals surface area (Å²) >= 11 is 0. The highest BCUT2D eigenvalue weighted by Gasteiger charge is 2.28. The van der Waals surface area contributed by atoms with Crippen LogP contribution in [0.2, 0.25) is 0 Å². The molecule has 1 saturated carbocycles. The summed E-state index contributed by atoms with van der Waals surface area (Å²) in [5.74, 6) is 0.513. The number of nitrogens with zero attached hydrogens (tertiary/aromatic N) is 3. The van der Waals surface area contributed by atoms with Crippen molar-refractivity contribution in [3.05, 3.63) is 29.6 Å². The van der Waals surface area contributed by atoms with Crippen LogP contribution in [0.5, 0.6) is 0 Å². The molecule has 1 aromatic carbocycles. The van der Waals surface area contributed by atoms with E-state index in [1.807, 2.05) is 17.9 Å². The Morgan fingerprint density at radius 1 is 1.22 bits per heavy atom. The number of hydrogen-bond donors (Lipinski definition) is 1. The van der Waals surface area contributed by atoms with Crippen molar-refractivity contribution in [3.63, 3.8) is 0 Å². The molecule has 1 atom stereocenters. The van der Waals surface area contributed by atoms with Crippen molar-refractivity contribution < 1.29 is 9.18 Å². The van der Waals surface area contributed by atoms with Gasteiger partial charge >= 0.3 is 0 Å². The summed E-state index contributed by atoms with van der Waals surface area (Å²) in [6.45, 7) is 7.00. The number of benzene rings is 1. The van der Waals surface area contributed by atoms with E-state index in [1.54, 1.807) is 12.1 Å². The average Bonchev–Trinajstić information content (AvgIpc) is 2.69. The molecule has 146 valence electrons. The Morgan fingerprint density at radius 3 is 2.48 bits per heavy atom. The zero-order valence-electron chi connectivity index (χ0n) is 16.2. The van der Waals surface area contributed by atoms with Gasteiger partial charge in [0, 0.05) is 32.2 Å². The van der Waals surface area contributed by atoms with Crippen LogP contribution in [0, 0.1) is 23.1 Å². The second-order valence-corrected chi connectivity index (χ2v) is 7.94. The predicted molar refractivity (Wildman–Crippen MR) is 104 cm³/mol. The van der Waals surface area contributed by atoms with E-state index in [4.69, 9.17) is 5.26 Å². The molecular formula is C21H29FN4O. The van der Waals surface area contributed by atoms with Crippen molar-refractivity contribution in [3.8, 4) is 6.07 Å². The van der Waals surface area contributed by atoms with E-state index < -0.39 is 0 Å². The molecule has 1 amide bonds. The molecule has 2 fully saturated rings. The largest absolute Gasteiger partial charge is 0.367 e. The summed E-state index contributed by atoms with van der Waals surface area (Å²) in [4.78, 5) is 16.8. The summed E-state index contributed by atoms with van der Waals surface area (Å²) in [5, 5.41) is 12.1. The van der Waals surface area contributed by atoms with Gasteiger partial charge in [-0.1, -0.05) is 6.92 Å². The van der Waals surface area contributed by atoms with Crippen LogP contribution in [-0.4, -0.2) is 49.1 Å². The van der Waals surface area contributed by atoms with E-state index in [1.165, 1.54) is 18.9 Å². The third-order valence-electron chi connectivity index (χ3n) is 6.02. The number of halogens is 1. The maximum absolute atomic E-state index is 14.2. The van der Waals surface area contributed by atoms with Crippen molar-refractivity contribution >= 4 is 11.6 Å². The lowest BCUT2D eigenvalue weighted by Gasteiger charge is -2.39. The van der Waals surface area contributed by atoms with Crippen LogP contribution in [0.1, 0.15) is 45.1 Å². The van der Waals surface area contributed by atoms with Crippen molar-refractivity contribution in [1.29, 1.82) is 5.26 Å². The maximum atomic E-state index is 14.2. The van der Waals surface area contributed by atoms with Crippen LogP contribution < -0.4 is 10.2 Å². The van der Waals surface area contributed by atoms with Crippen LogP contribution in [-0.2, 0) is 4.79 Å². The predicted octanol–water partition coefficient (Wildman–Crippen LogP) is 2.90. The number of nitriles is 1. The lowest BCUT2D eigenvalue weighted by Crippen LogP contribution is -2.55. The SMILES string of the molecule is CC1CCC(NC(=O)C(C)N2CCN(c3ccc(C#N)cc3F)CC2)CC1. The third-order valence-corrected chi connectivity index (χ3v) is 6.02. The van der Waals surface area contributed by atoms with E-state index >= 15 is 0 Å². The fourth-order valence-corrected chi connectivity index (χ4v) is 4.08. The van der Waals surface area contributed by atoms with E-state index in [2.05, 4.69) is 17.1 Å². The van der Waals surface area contributed by atoms with Gasteiger partial charge in [-0.05, 0) is 56.7 Å². The molecule has 6 heteroatoms. The number of carbonyl (C=O) groups excluding carboxylic acids is 1. The number of anilines is 1. The molecule has 1 N–H and O–H groups in total. The number of piperazine rings is 1. The van der Waals surface area contributed by atoms with Gasteiger partial charge in [-0.15, -0.1) is 0 Å². The van der Waals surface area contributed by atoms with Crippen molar-refractivity contribution in [2.24, 2.45) is 5.92 Å². The fourth-order valence-electron chi connectivity index (χ4n) is 4.08. The molecular weight excluding hydrogens is 343 g/mol. The van der Waals surface area contributed by atoms with Gasteiger partial charge < -0.3 is 10.2 Å². The third kappa shape index (κ3) is 4.78. The van der Waals surface area contributed by atoms with Crippen LogP contribution >= 0.6 is 0 Å². The van der Waals surface area contributed by atoms with E-state index in [0.29, 0.717) is 30.4 Å². The van der Waals surface area contributed by atoms with E-state index in [9.17, 15) is 9.18 Å². The Morgan fingerprint density at radius 2 is 1.89 bits per heavy atom. The van der Waals surface area contributed by atoms with Crippen molar-refractivity contribution in [2.45, 2.75) is 51.6 Å². The second-order valence-electron chi connectivity index (χ2n) is 7.94. The molecule has 3 rings (SSSR count). The molecule has 1 saturated heterocycles. The highest BCUT2D eigenvalue weighted by atomic mass is 19.1. The first-order valence-corrected chi connectivity index (χ1v) is 9.97. The smallest absolute Gasteiger partial charge is 0.237 e. The minimum Gasteiger partial charge on any atom is -0.367 e. The Hall–Kier alpha value is -2.13. The zero-order chi connectivity index (χ0) is 19.4. The average molecular weight is 372 g/mol. The molecule has 27 heavy (non-hydrogen) atoms. The highest BCUT2D eigenvalue weighted by Crippen LogP contribution is 2.24. The Labute approximate surface area is 161 Å². The number of nitrogens with one attached hydrogen (secondary N) is 1. The molecule has 1 unspecified atom stereocenters. The normalized spacial score (nSPS) is 24.9. The summed E-state index contributed by atoms with van der Waals surface area (Å²) < 4.78 is 14.2. The van der Waals surface area contributed by atoms with Gasteiger partial charge in [0.15, 0.2) is 0 Å². The number of hydrogen-bond acceptors (Lipinski definition) is 4. The summed E-state index contributed by atoms with van der Waals surface area (Å²) in [6.07, 6.45) is 4.53. The van der Waals surface area contributed by atoms with Gasteiger partial charge in [-0.3, -0.25) is 9.69 Å². The number of rotatable bonds is 4. The summed E-state index contributed by atoms with van der Waals surface area (Å²) in [5.41, 5.74) is 0.861. The molecule has 0 spiro atoms. The Kier molecular flexibility index (Phi) is 6.33. The molecule has 0 aromatic heterocycles. The summed E-state index contributed by atoms with van der Waals surface area (Å²) in [7, 11) is 0. The number of amides is 1. The molecule has 0 radical (unpaired) electrons. The Balaban J connectivity index is 1.51. The van der Waals surface area contributed by atoms with Gasteiger partial charge in [0.1, 0.15) is 5.82 Å². The molecule has 5 nitrogen and oxygen atoms in total. The molecule has 1 aromatic rings. The van der Waals surface area contributed by atoms with Crippen LogP contribution in [0.25, 0.3) is 0 Å². The van der Waals surface area contributed by atoms with Gasteiger partial charge in [-0.2, -0.15) is 5.26 Å². The Bertz CT molecular complexity index is 701. The molecule has 0 bridgehead atoms. The van der Waals surface area contributed by atoms with Crippen LogP contribution in [0.3, 0.4) is 0 Å². The van der Waals surface area contributed by atoms with Gasteiger partial charge in [0.25, 0.3) is 0 Å². The minimum atomic E-state index is -0.361. The first kappa shape index (κ1) is 19.6. The molecule has 1 heterocycles. The lowest BCUT2D eigenvalue weighted by atomic mass is 9.87. The quantitative estimate of drug-likeness (QED) is 0.883. The first-order chi connectivity index (χ1) is 13.0. The van der Waals surface area contributed by atoms with E-state index in [0.717, 1.165) is 31.8 Å². The van der Waals surface area contributed by atoms with Gasteiger partial charge in [0.2, 0.25) is 5.91 Å². The maximum Gasteiger partial charge on any atom is 0.237 e. The first-order valence-electron chi connectivity index (χ1n) is 9.97. The van der Waals surface area contributed by atoms with E-state index in [-0.39, 0.29) is 17.8 Å². The topological polar surface area (TPSA) is 59.4 Å². The molecule has 1 aliphatic heterocycles. The van der Waals surface area contributed by atoms with Gasteiger partial charge in [-0.25, -0.2) is 4.39 Å². The zero-order valence-corrected chi connectivity index (χ0v) is 16.2. The molecule has 2 aliphatic rings. The van der Waals surface area contributed by atoms with Gasteiger partial charge in [0.05, 0.1) is 23.4 Å². The minimum absolute atomic E-state index is 0.104. The molecule has 1 aliphatic carbocycles. The second kappa shape index (κ2) is 8.71. The number of carbonyl (C=O) groups is 1. The van der Waals surface area contributed by atoms with Crippen LogP contribution in [0.4, 0.5) is 10.1 Å². The summed E-state index contributed by atoms with van der Waals surface area (Å²) in [6, 6.07) is 6.69. The van der Waals surface area contributed by atoms with Crippen molar-refractivity contribution in [2.75, 3.05) is 31.1 Å². The fraction of sp³-hybridized carbons (Fsp3) is 0.619.